The zero-order valence-corrected chi connectivity index (χ0v) is 12.2. The summed E-state index contributed by atoms with van der Waals surface area (Å²) in [5, 5.41) is 0. The molecule has 0 fully saturated rings. The van der Waals surface area contributed by atoms with Crippen molar-refractivity contribution >= 4 is 5.95 Å². The Labute approximate surface area is 121 Å². The molecule has 1 N–H and O–H groups in total. The second-order valence-electron chi connectivity index (χ2n) is 4.85. The van der Waals surface area contributed by atoms with Crippen molar-refractivity contribution in [3.05, 3.63) is 57.0 Å². The highest BCUT2D eigenvalue weighted by Crippen LogP contribution is 2.17. The molecule has 0 radical (unpaired) electrons. The van der Waals surface area contributed by atoms with Gasteiger partial charge in [-0.1, -0.05) is 6.07 Å². The quantitative estimate of drug-likeness (QED) is 0.941. The molecule has 1 aromatic heterocycles. The fraction of sp³-hybridized carbons (Fsp3) is 0.333. The van der Waals surface area contributed by atoms with Crippen LogP contribution in [0, 0.1) is 18.6 Å². The lowest BCUT2D eigenvalue weighted by Gasteiger charge is -2.16. The van der Waals surface area contributed by atoms with Crippen molar-refractivity contribution in [2.75, 3.05) is 18.5 Å². The number of benzene rings is 1. The lowest BCUT2D eigenvalue weighted by Crippen LogP contribution is -2.25. The lowest BCUT2D eigenvalue weighted by molar-refractivity contribution is 0.560. The molecule has 0 spiro atoms. The molecule has 1 aromatic carbocycles. The minimum absolute atomic E-state index is 0.0567. The summed E-state index contributed by atoms with van der Waals surface area (Å²) in [7, 11) is 1.78. The largest absolute Gasteiger partial charge is 0.346 e. The summed E-state index contributed by atoms with van der Waals surface area (Å²) in [4.78, 5) is 20.7. The second-order valence-corrected chi connectivity index (χ2v) is 4.85. The van der Waals surface area contributed by atoms with Crippen LogP contribution in [-0.4, -0.2) is 23.6 Å². The molecule has 0 aliphatic rings. The minimum Gasteiger partial charge on any atom is -0.346 e. The Bertz CT molecular complexity index is 692. The van der Waals surface area contributed by atoms with Crippen LogP contribution in [0.2, 0.25) is 0 Å². The van der Waals surface area contributed by atoms with E-state index in [1.54, 1.807) is 18.9 Å². The Balaban J connectivity index is 2.49. The summed E-state index contributed by atoms with van der Waals surface area (Å²) in [5.74, 6) is -0.886. The normalized spacial score (nSPS) is 10.7. The molecule has 0 unspecified atom stereocenters. The molecule has 0 amide bonds. The molecule has 0 saturated heterocycles. The topological polar surface area (TPSA) is 49.0 Å². The molecule has 0 aliphatic heterocycles. The molecule has 112 valence electrons. The smallest absolute Gasteiger partial charge is 0.255 e. The van der Waals surface area contributed by atoms with E-state index in [1.165, 1.54) is 18.2 Å². The van der Waals surface area contributed by atoms with Gasteiger partial charge in [0.2, 0.25) is 5.95 Å². The zero-order chi connectivity index (χ0) is 15.6. The summed E-state index contributed by atoms with van der Waals surface area (Å²) in [6, 6.07) is 3.70. The summed E-state index contributed by atoms with van der Waals surface area (Å²) in [6.45, 7) is 4.16. The molecule has 4 nitrogen and oxygen atoms in total. The number of H-pyrrole nitrogens is 1. The molecule has 21 heavy (non-hydrogen) atoms. The van der Waals surface area contributed by atoms with Crippen LogP contribution < -0.4 is 10.5 Å². The van der Waals surface area contributed by atoms with Crippen molar-refractivity contribution in [2.45, 2.75) is 20.3 Å². The molecule has 0 atom stereocenters. The van der Waals surface area contributed by atoms with E-state index < -0.39 is 11.6 Å². The van der Waals surface area contributed by atoms with E-state index in [0.717, 1.165) is 0 Å². The average molecular weight is 293 g/mol. The van der Waals surface area contributed by atoms with E-state index in [2.05, 4.69) is 9.97 Å². The molecule has 2 aromatic rings. The summed E-state index contributed by atoms with van der Waals surface area (Å²) >= 11 is 0. The third-order valence-electron chi connectivity index (χ3n) is 3.48. The van der Waals surface area contributed by atoms with E-state index in [0.29, 0.717) is 23.8 Å². The van der Waals surface area contributed by atoms with Gasteiger partial charge in [-0.15, -0.1) is 0 Å². The fourth-order valence-corrected chi connectivity index (χ4v) is 1.94. The van der Waals surface area contributed by atoms with Gasteiger partial charge in [0.15, 0.2) is 0 Å². The highest BCUT2D eigenvalue weighted by molar-refractivity contribution is 5.35. The molecular weight excluding hydrogens is 276 g/mol. The first-order valence-corrected chi connectivity index (χ1v) is 6.67. The van der Waals surface area contributed by atoms with Gasteiger partial charge < -0.3 is 4.90 Å². The number of halogens is 2. The molecule has 0 saturated carbocycles. The van der Waals surface area contributed by atoms with Crippen molar-refractivity contribution < 1.29 is 8.78 Å². The fourth-order valence-electron chi connectivity index (χ4n) is 1.94. The predicted molar refractivity (Wildman–Crippen MR) is 77.7 cm³/mol. The van der Waals surface area contributed by atoms with Crippen LogP contribution in [-0.2, 0) is 6.42 Å². The summed E-state index contributed by atoms with van der Waals surface area (Å²) < 4.78 is 27.5. The number of aromatic amines is 1. The zero-order valence-electron chi connectivity index (χ0n) is 12.2. The maximum atomic E-state index is 13.7. The van der Waals surface area contributed by atoms with E-state index in [9.17, 15) is 13.6 Å². The number of nitrogens with zero attached hydrogens (tertiary/aromatic N) is 2. The number of rotatable bonds is 4. The molecule has 2 rings (SSSR count). The van der Waals surface area contributed by atoms with Crippen LogP contribution in [0.5, 0.6) is 0 Å². The number of hydrogen-bond acceptors (Lipinski definition) is 3. The highest BCUT2D eigenvalue weighted by atomic mass is 19.1. The second kappa shape index (κ2) is 6.03. The Hall–Kier alpha value is -2.24. The average Bonchev–Trinajstić information content (AvgIpc) is 2.46. The van der Waals surface area contributed by atoms with Crippen LogP contribution in [0.4, 0.5) is 14.7 Å². The predicted octanol–water partition coefficient (Wildman–Crippen LogP) is 2.40. The van der Waals surface area contributed by atoms with Crippen LogP contribution in [0.1, 0.15) is 23.7 Å². The van der Waals surface area contributed by atoms with Gasteiger partial charge in [-0.3, -0.25) is 9.78 Å². The van der Waals surface area contributed by atoms with Crippen LogP contribution in [0.25, 0.3) is 0 Å². The lowest BCUT2D eigenvalue weighted by atomic mass is 10.1. The maximum Gasteiger partial charge on any atom is 0.255 e. The first kappa shape index (κ1) is 15.2. The first-order valence-electron chi connectivity index (χ1n) is 6.67. The van der Waals surface area contributed by atoms with E-state index in [-0.39, 0.29) is 17.5 Å². The summed E-state index contributed by atoms with van der Waals surface area (Å²) in [5.41, 5.74) is 0.361. The van der Waals surface area contributed by atoms with Gasteiger partial charge in [0.05, 0.1) is 5.69 Å². The van der Waals surface area contributed by atoms with E-state index in [1.807, 2.05) is 6.92 Å². The van der Waals surface area contributed by atoms with Crippen LogP contribution in [0.3, 0.4) is 0 Å². The molecular formula is C15H17F2N3O. The number of anilines is 1. The molecule has 0 aliphatic carbocycles. The Morgan fingerprint density at radius 3 is 2.48 bits per heavy atom. The number of aromatic nitrogens is 2. The third kappa shape index (κ3) is 3.09. The van der Waals surface area contributed by atoms with Gasteiger partial charge in [0.25, 0.3) is 5.56 Å². The van der Waals surface area contributed by atoms with Gasteiger partial charge in [-0.25, -0.2) is 13.8 Å². The van der Waals surface area contributed by atoms with Crippen LogP contribution in [0.15, 0.2) is 23.0 Å². The van der Waals surface area contributed by atoms with Gasteiger partial charge in [0.1, 0.15) is 11.6 Å². The van der Waals surface area contributed by atoms with E-state index in [4.69, 9.17) is 0 Å². The van der Waals surface area contributed by atoms with Crippen molar-refractivity contribution in [1.82, 2.24) is 9.97 Å². The monoisotopic (exact) mass is 293 g/mol. The standard InChI is InChI=1S/C15H17F2N3O/c1-4-20(3)15-18-13(9(2)14(21)19-15)8-10-11(16)6-5-7-12(10)17/h5-7H,4,8H2,1-3H3,(H,18,19,21). The van der Waals surface area contributed by atoms with E-state index >= 15 is 0 Å². The Morgan fingerprint density at radius 2 is 1.90 bits per heavy atom. The van der Waals surface area contributed by atoms with Gasteiger partial charge in [-0.05, 0) is 26.0 Å². The molecule has 6 heteroatoms. The van der Waals surface area contributed by atoms with Crippen molar-refractivity contribution in [2.24, 2.45) is 0 Å². The minimum atomic E-state index is -0.637. The van der Waals surface area contributed by atoms with Crippen molar-refractivity contribution in [1.29, 1.82) is 0 Å². The number of nitrogens with one attached hydrogen (secondary N) is 1. The van der Waals surface area contributed by atoms with Crippen LogP contribution >= 0.6 is 0 Å². The van der Waals surface area contributed by atoms with Gasteiger partial charge >= 0.3 is 0 Å². The highest BCUT2D eigenvalue weighted by Gasteiger charge is 2.15. The Morgan fingerprint density at radius 1 is 1.29 bits per heavy atom. The third-order valence-corrected chi connectivity index (χ3v) is 3.48. The number of hydrogen-bond donors (Lipinski definition) is 1. The molecule has 0 bridgehead atoms. The molecule has 1 heterocycles. The SMILES string of the molecule is CCN(C)c1nc(Cc2c(F)cccc2F)c(C)c(=O)[nH]1. The summed E-state index contributed by atoms with van der Waals surface area (Å²) in [6.07, 6.45) is -0.0567. The maximum absolute atomic E-state index is 13.7. The van der Waals surface area contributed by atoms with Crippen molar-refractivity contribution in [3.8, 4) is 0 Å². The van der Waals surface area contributed by atoms with Gasteiger partial charge in [-0.2, -0.15) is 0 Å². The van der Waals surface area contributed by atoms with Crippen molar-refractivity contribution in [3.63, 3.8) is 0 Å². The first-order chi connectivity index (χ1) is 9.93. The van der Waals surface area contributed by atoms with Gasteiger partial charge in [0, 0.05) is 31.1 Å². The Kier molecular flexibility index (Phi) is 4.35.